The number of aromatic nitrogens is 1. The third-order valence-corrected chi connectivity index (χ3v) is 4.88. The number of nitrogens with two attached hydrogens (primary N) is 1. The third kappa shape index (κ3) is 3.06. The molecule has 0 aromatic carbocycles. The van der Waals surface area contributed by atoms with E-state index in [2.05, 4.69) is 24.8 Å². The first kappa shape index (κ1) is 14.8. The molecule has 2 heterocycles. The molecule has 1 saturated carbocycles. The summed E-state index contributed by atoms with van der Waals surface area (Å²) >= 11 is 0. The molecule has 1 saturated heterocycles. The van der Waals surface area contributed by atoms with Crippen LogP contribution in [0.1, 0.15) is 43.7 Å². The smallest absolute Gasteiger partial charge is 0.131 e. The minimum absolute atomic E-state index is 0.236. The predicted octanol–water partition coefficient (Wildman–Crippen LogP) is 2.43. The molecule has 2 fully saturated rings. The Hall–Kier alpha value is -1.13. The molecule has 116 valence electrons. The second-order valence-corrected chi connectivity index (χ2v) is 6.46. The van der Waals surface area contributed by atoms with Crippen LogP contribution in [0.25, 0.3) is 0 Å². The Morgan fingerprint density at radius 3 is 3.10 bits per heavy atom. The zero-order valence-electron chi connectivity index (χ0n) is 13.2. The van der Waals surface area contributed by atoms with Crippen LogP contribution in [-0.2, 0) is 11.2 Å². The van der Waals surface area contributed by atoms with Crippen LogP contribution < -0.4 is 10.6 Å². The minimum atomic E-state index is 0.236. The van der Waals surface area contributed by atoms with Crippen LogP contribution >= 0.6 is 0 Å². The summed E-state index contributed by atoms with van der Waals surface area (Å²) in [6.07, 6.45) is 8.05. The van der Waals surface area contributed by atoms with Crippen molar-refractivity contribution in [1.29, 1.82) is 0 Å². The van der Waals surface area contributed by atoms with Gasteiger partial charge in [-0.05, 0) is 50.2 Å². The lowest BCUT2D eigenvalue weighted by Crippen LogP contribution is -2.49. The van der Waals surface area contributed by atoms with Gasteiger partial charge in [0.15, 0.2) is 0 Å². The Balaban J connectivity index is 1.78. The number of hydrogen-bond donors (Lipinski definition) is 1. The summed E-state index contributed by atoms with van der Waals surface area (Å²) in [5.74, 6) is 1.14. The van der Waals surface area contributed by atoms with Gasteiger partial charge in [0, 0.05) is 18.8 Å². The first-order valence-electron chi connectivity index (χ1n) is 8.28. The molecule has 1 aromatic rings. The molecule has 0 radical (unpaired) electrons. The molecule has 4 heteroatoms. The molecule has 0 bridgehead atoms. The zero-order valence-corrected chi connectivity index (χ0v) is 13.2. The van der Waals surface area contributed by atoms with E-state index in [0.29, 0.717) is 12.1 Å². The summed E-state index contributed by atoms with van der Waals surface area (Å²) in [5.41, 5.74) is 8.57. The summed E-state index contributed by atoms with van der Waals surface area (Å²) in [7, 11) is 0. The SMILES string of the molecule is CCC(N)Cc1cnc(N2CCOC3CCCC32)c(C)c1. The fourth-order valence-corrected chi connectivity index (χ4v) is 3.67. The molecule has 2 aliphatic rings. The van der Waals surface area contributed by atoms with Gasteiger partial charge < -0.3 is 15.4 Å². The normalized spacial score (nSPS) is 26.7. The van der Waals surface area contributed by atoms with Gasteiger partial charge >= 0.3 is 0 Å². The van der Waals surface area contributed by atoms with Crippen molar-refractivity contribution in [2.45, 2.75) is 64.1 Å². The fourth-order valence-electron chi connectivity index (χ4n) is 3.67. The Morgan fingerprint density at radius 2 is 2.33 bits per heavy atom. The van der Waals surface area contributed by atoms with E-state index < -0.39 is 0 Å². The van der Waals surface area contributed by atoms with Gasteiger partial charge in [0.2, 0.25) is 0 Å². The van der Waals surface area contributed by atoms with Gasteiger partial charge in [-0.25, -0.2) is 4.98 Å². The van der Waals surface area contributed by atoms with Gasteiger partial charge in [-0.2, -0.15) is 0 Å². The Bertz CT molecular complexity index is 491. The lowest BCUT2D eigenvalue weighted by atomic mass is 10.0. The highest BCUT2D eigenvalue weighted by atomic mass is 16.5. The van der Waals surface area contributed by atoms with E-state index >= 15 is 0 Å². The first-order chi connectivity index (χ1) is 10.2. The van der Waals surface area contributed by atoms with Crippen molar-refractivity contribution < 1.29 is 4.74 Å². The Labute approximate surface area is 127 Å². The van der Waals surface area contributed by atoms with Crippen LogP contribution in [0, 0.1) is 6.92 Å². The summed E-state index contributed by atoms with van der Waals surface area (Å²) in [4.78, 5) is 7.24. The molecule has 21 heavy (non-hydrogen) atoms. The molecule has 1 aromatic heterocycles. The molecular weight excluding hydrogens is 262 g/mol. The molecule has 1 aliphatic heterocycles. The molecule has 3 rings (SSSR count). The number of ether oxygens (including phenoxy) is 1. The summed E-state index contributed by atoms with van der Waals surface area (Å²) in [5, 5.41) is 0. The topological polar surface area (TPSA) is 51.4 Å². The summed E-state index contributed by atoms with van der Waals surface area (Å²) < 4.78 is 5.90. The van der Waals surface area contributed by atoms with Crippen LogP contribution in [0.3, 0.4) is 0 Å². The number of morpholine rings is 1. The van der Waals surface area contributed by atoms with Crippen LogP contribution in [-0.4, -0.2) is 36.3 Å². The number of aryl methyl sites for hydroxylation is 1. The quantitative estimate of drug-likeness (QED) is 0.925. The van der Waals surface area contributed by atoms with E-state index in [9.17, 15) is 0 Å². The largest absolute Gasteiger partial charge is 0.374 e. The molecule has 3 unspecified atom stereocenters. The van der Waals surface area contributed by atoms with Gasteiger partial charge in [0.05, 0.1) is 18.8 Å². The Morgan fingerprint density at radius 1 is 1.48 bits per heavy atom. The monoisotopic (exact) mass is 289 g/mol. The second kappa shape index (κ2) is 6.32. The van der Waals surface area contributed by atoms with Gasteiger partial charge in [-0.1, -0.05) is 13.0 Å². The molecule has 0 spiro atoms. The van der Waals surface area contributed by atoms with Crippen LogP contribution in [0.5, 0.6) is 0 Å². The second-order valence-electron chi connectivity index (χ2n) is 6.46. The number of pyridine rings is 1. The van der Waals surface area contributed by atoms with Gasteiger partial charge in [-0.3, -0.25) is 0 Å². The first-order valence-corrected chi connectivity index (χ1v) is 8.28. The van der Waals surface area contributed by atoms with Crippen molar-refractivity contribution in [2.24, 2.45) is 5.73 Å². The summed E-state index contributed by atoms with van der Waals surface area (Å²) in [6, 6.07) is 3.02. The number of nitrogens with zero attached hydrogens (tertiary/aromatic N) is 2. The molecule has 2 N–H and O–H groups in total. The van der Waals surface area contributed by atoms with E-state index in [1.54, 1.807) is 0 Å². The average Bonchev–Trinajstić information content (AvgIpc) is 2.96. The van der Waals surface area contributed by atoms with Crippen LogP contribution in [0.15, 0.2) is 12.3 Å². The average molecular weight is 289 g/mol. The summed E-state index contributed by atoms with van der Waals surface area (Å²) in [6.45, 7) is 6.09. The van der Waals surface area contributed by atoms with E-state index in [1.807, 2.05) is 6.20 Å². The Kier molecular flexibility index (Phi) is 4.45. The van der Waals surface area contributed by atoms with Crippen molar-refractivity contribution >= 4 is 5.82 Å². The van der Waals surface area contributed by atoms with Gasteiger partial charge in [0.1, 0.15) is 5.82 Å². The van der Waals surface area contributed by atoms with Gasteiger partial charge in [-0.15, -0.1) is 0 Å². The van der Waals surface area contributed by atoms with Crippen molar-refractivity contribution in [1.82, 2.24) is 4.98 Å². The van der Waals surface area contributed by atoms with Crippen molar-refractivity contribution in [3.8, 4) is 0 Å². The third-order valence-electron chi connectivity index (χ3n) is 4.88. The van der Waals surface area contributed by atoms with E-state index in [0.717, 1.165) is 31.8 Å². The highest BCUT2D eigenvalue weighted by molar-refractivity contribution is 5.49. The van der Waals surface area contributed by atoms with Crippen molar-refractivity contribution in [3.05, 3.63) is 23.4 Å². The molecule has 4 nitrogen and oxygen atoms in total. The van der Waals surface area contributed by atoms with E-state index in [4.69, 9.17) is 15.5 Å². The molecule has 0 amide bonds. The zero-order chi connectivity index (χ0) is 14.8. The lowest BCUT2D eigenvalue weighted by molar-refractivity contribution is 0.0253. The molecule has 1 aliphatic carbocycles. The van der Waals surface area contributed by atoms with E-state index in [-0.39, 0.29) is 6.04 Å². The van der Waals surface area contributed by atoms with Crippen LogP contribution in [0.2, 0.25) is 0 Å². The number of anilines is 1. The van der Waals surface area contributed by atoms with Crippen molar-refractivity contribution in [3.63, 3.8) is 0 Å². The van der Waals surface area contributed by atoms with Crippen molar-refractivity contribution in [2.75, 3.05) is 18.1 Å². The maximum atomic E-state index is 6.05. The van der Waals surface area contributed by atoms with Gasteiger partial charge in [0.25, 0.3) is 0 Å². The highest BCUT2D eigenvalue weighted by Gasteiger charge is 2.37. The molecular formula is C17H27N3O. The number of fused-ring (bicyclic) bond motifs is 1. The van der Waals surface area contributed by atoms with E-state index in [1.165, 1.54) is 30.4 Å². The molecule has 3 atom stereocenters. The number of rotatable bonds is 4. The maximum absolute atomic E-state index is 6.05. The lowest BCUT2D eigenvalue weighted by Gasteiger charge is -2.39. The maximum Gasteiger partial charge on any atom is 0.131 e. The standard InChI is InChI=1S/C17H27N3O/c1-3-14(18)10-13-9-12(2)17(19-11-13)20-7-8-21-16-6-4-5-15(16)20/h9,11,14-16H,3-8,10,18H2,1-2H3. The predicted molar refractivity (Wildman–Crippen MR) is 85.7 cm³/mol. The highest BCUT2D eigenvalue weighted by Crippen LogP contribution is 2.33. The van der Waals surface area contributed by atoms with Crippen LogP contribution in [0.4, 0.5) is 5.82 Å². The number of hydrogen-bond acceptors (Lipinski definition) is 4. The fraction of sp³-hybridized carbons (Fsp3) is 0.706. The minimum Gasteiger partial charge on any atom is -0.374 e.